The Labute approximate surface area is 164 Å². The number of rotatable bonds is 2. The Kier molecular flexibility index (Phi) is 4.33. The third-order valence-corrected chi connectivity index (χ3v) is 5.06. The van der Waals surface area contributed by atoms with Crippen LogP contribution in [0.1, 0.15) is 44.3 Å². The zero-order valence-electron chi connectivity index (χ0n) is 15.6. The summed E-state index contributed by atoms with van der Waals surface area (Å²) in [5.41, 5.74) is 3.26. The fourth-order valence-corrected chi connectivity index (χ4v) is 3.66. The summed E-state index contributed by atoms with van der Waals surface area (Å²) < 4.78 is 38.3. The number of fused-ring (bicyclic) bond motifs is 3. The Bertz CT molecular complexity index is 1140. The van der Waals surface area contributed by atoms with Crippen LogP contribution in [0.3, 0.4) is 0 Å². The van der Waals surface area contributed by atoms with Crippen LogP contribution in [0.4, 0.5) is 13.2 Å². The highest BCUT2D eigenvalue weighted by atomic mass is 19.4. The maximum atomic E-state index is 12.8. The second-order valence-electron chi connectivity index (χ2n) is 7.20. The van der Waals surface area contributed by atoms with Crippen molar-refractivity contribution in [1.82, 2.24) is 10.3 Å². The maximum absolute atomic E-state index is 12.8. The minimum atomic E-state index is -4.69. The van der Waals surface area contributed by atoms with E-state index in [1.807, 2.05) is 50.2 Å². The van der Waals surface area contributed by atoms with Crippen LogP contribution in [-0.2, 0) is 6.18 Å². The lowest BCUT2D eigenvalue weighted by molar-refractivity contribution is -0.141. The molecule has 0 spiro atoms. The van der Waals surface area contributed by atoms with E-state index in [0.717, 1.165) is 39.4 Å². The molecule has 0 aliphatic heterocycles. The van der Waals surface area contributed by atoms with Crippen molar-refractivity contribution in [3.8, 4) is 11.1 Å². The van der Waals surface area contributed by atoms with Crippen LogP contribution >= 0.6 is 0 Å². The van der Waals surface area contributed by atoms with Gasteiger partial charge in [0.15, 0.2) is 0 Å². The van der Waals surface area contributed by atoms with Crippen molar-refractivity contribution < 1.29 is 18.0 Å². The number of aromatic nitrogens is 1. The molecule has 1 aliphatic carbocycles. The number of carbonyl (C=O) groups excluding carboxylic acids is 1. The van der Waals surface area contributed by atoms with Gasteiger partial charge in [-0.2, -0.15) is 13.2 Å². The number of nitrogens with one attached hydrogen (secondary N) is 2. The summed E-state index contributed by atoms with van der Waals surface area (Å²) >= 11 is 0. The molecule has 0 atom stereocenters. The molecule has 4 nitrogen and oxygen atoms in total. The third kappa shape index (κ3) is 3.33. The second-order valence-corrected chi connectivity index (χ2v) is 7.20. The van der Waals surface area contributed by atoms with Gasteiger partial charge in [0.1, 0.15) is 11.3 Å². The summed E-state index contributed by atoms with van der Waals surface area (Å²) in [4.78, 5) is 26.5. The molecule has 3 aromatic rings. The molecule has 0 saturated carbocycles. The number of alkyl halides is 3. The van der Waals surface area contributed by atoms with E-state index < -0.39 is 29.4 Å². The molecule has 1 aromatic heterocycles. The summed E-state index contributed by atoms with van der Waals surface area (Å²) in [7, 11) is 0. The van der Waals surface area contributed by atoms with E-state index in [1.165, 1.54) is 0 Å². The van der Waals surface area contributed by atoms with Gasteiger partial charge in [-0.25, -0.2) is 0 Å². The highest BCUT2D eigenvalue weighted by Crippen LogP contribution is 2.44. The van der Waals surface area contributed by atoms with E-state index in [-0.39, 0.29) is 5.56 Å². The first kappa shape index (κ1) is 19.0. The maximum Gasteiger partial charge on any atom is 0.431 e. The van der Waals surface area contributed by atoms with Crippen molar-refractivity contribution in [1.29, 1.82) is 0 Å². The van der Waals surface area contributed by atoms with E-state index >= 15 is 0 Å². The number of carbonyl (C=O) groups is 1. The van der Waals surface area contributed by atoms with Gasteiger partial charge in [0.2, 0.25) is 0 Å². The van der Waals surface area contributed by atoms with E-state index in [9.17, 15) is 22.8 Å². The Morgan fingerprint density at radius 1 is 0.931 bits per heavy atom. The SMILES string of the molecule is Cc1ccc2c(c1)-c1cc(C)ccc1C2NC(=O)c1ccc(C(F)(F)F)[nH]c1=O. The standard InChI is InChI=1S/C22H17F3N2O2/c1-11-3-5-13-16(9-11)17-10-12(2)4-6-14(17)19(13)27-21(29)15-7-8-18(22(23,24)25)26-20(15)28/h3-10,19H,1-2H3,(H,26,28)(H,27,29). The molecule has 148 valence electrons. The van der Waals surface area contributed by atoms with Gasteiger partial charge in [-0.1, -0.05) is 47.5 Å². The lowest BCUT2D eigenvalue weighted by atomic mass is 10.0. The fourth-order valence-electron chi connectivity index (χ4n) is 3.66. The van der Waals surface area contributed by atoms with E-state index in [4.69, 9.17) is 0 Å². The van der Waals surface area contributed by atoms with Crippen LogP contribution < -0.4 is 10.9 Å². The number of H-pyrrole nitrogens is 1. The van der Waals surface area contributed by atoms with Crippen molar-refractivity contribution in [3.05, 3.63) is 92.4 Å². The number of pyridine rings is 1. The number of amides is 1. The van der Waals surface area contributed by atoms with Crippen LogP contribution in [0, 0.1) is 13.8 Å². The van der Waals surface area contributed by atoms with Gasteiger partial charge in [-0.3, -0.25) is 9.59 Å². The van der Waals surface area contributed by atoms with Gasteiger partial charge < -0.3 is 10.3 Å². The lowest BCUT2D eigenvalue weighted by Crippen LogP contribution is -2.33. The van der Waals surface area contributed by atoms with Crippen molar-refractivity contribution in [3.63, 3.8) is 0 Å². The number of aryl methyl sites for hydroxylation is 2. The molecular weight excluding hydrogens is 381 g/mol. The largest absolute Gasteiger partial charge is 0.431 e. The highest BCUT2D eigenvalue weighted by Gasteiger charge is 2.33. The third-order valence-electron chi connectivity index (χ3n) is 5.06. The summed E-state index contributed by atoms with van der Waals surface area (Å²) in [5, 5.41) is 2.81. The van der Waals surface area contributed by atoms with Crippen molar-refractivity contribution >= 4 is 5.91 Å². The molecule has 29 heavy (non-hydrogen) atoms. The molecule has 0 bridgehead atoms. The molecular formula is C22H17F3N2O2. The zero-order valence-corrected chi connectivity index (χ0v) is 15.6. The van der Waals surface area contributed by atoms with Gasteiger partial charge in [-0.15, -0.1) is 0 Å². The highest BCUT2D eigenvalue weighted by molar-refractivity contribution is 5.95. The molecule has 2 N–H and O–H groups in total. The summed E-state index contributed by atoms with van der Waals surface area (Å²) in [6, 6.07) is 12.9. The fraction of sp³-hybridized carbons (Fsp3) is 0.182. The van der Waals surface area contributed by atoms with Crippen LogP contribution in [0.25, 0.3) is 11.1 Å². The number of hydrogen-bond acceptors (Lipinski definition) is 2. The van der Waals surface area contributed by atoms with Crippen LogP contribution in [0.15, 0.2) is 53.3 Å². The first-order chi connectivity index (χ1) is 13.6. The lowest BCUT2D eigenvalue weighted by Gasteiger charge is -2.16. The van der Waals surface area contributed by atoms with Gasteiger partial charge >= 0.3 is 6.18 Å². The second kappa shape index (κ2) is 6.62. The Morgan fingerprint density at radius 3 is 1.97 bits per heavy atom. The normalized spacial score (nSPS) is 13.1. The molecule has 0 radical (unpaired) electrons. The van der Waals surface area contributed by atoms with Crippen LogP contribution in [0.2, 0.25) is 0 Å². The number of hydrogen-bond donors (Lipinski definition) is 2. The minimum absolute atomic E-state index is 0.368. The monoisotopic (exact) mass is 398 g/mol. The van der Waals surface area contributed by atoms with E-state index in [2.05, 4.69) is 5.32 Å². The van der Waals surface area contributed by atoms with Gasteiger partial charge in [0, 0.05) is 0 Å². The van der Waals surface area contributed by atoms with E-state index in [0.29, 0.717) is 6.07 Å². The quantitative estimate of drug-likeness (QED) is 0.667. The number of benzene rings is 2. The molecule has 2 aromatic carbocycles. The van der Waals surface area contributed by atoms with E-state index in [1.54, 1.807) is 4.98 Å². The summed E-state index contributed by atoms with van der Waals surface area (Å²) in [6.07, 6.45) is -4.69. The van der Waals surface area contributed by atoms with Gasteiger partial charge in [0.05, 0.1) is 6.04 Å². The first-order valence-electron chi connectivity index (χ1n) is 8.98. The molecule has 1 amide bonds. The van der Waals surface area contributed by atoms with Crippen molar-refractivity contribution in [2.24, 2.45) is 0 Å². The predicted molar refractivity (Wildman–Crippen MR) is 103 cm³/mol. The smallest absolute Gasteiger partial charge is 0.341 e. The van der Waals surface area contributed by atoms with Gasteiger partial charge in [-0.05, 0) is 48.2 Å². The topological polar surface area (TPSA) is 62.0 Å². The summed E-state index contributed by atoms with van der Waals surface area (Å²) in [6.45, 7) is 3.95. The molecule has 1 heterocycles. The molecule has 0 fully saturated rings. The average molecular weight is 398 g/mol. The van der Waals surface area contributed by atoms with Crippen molar-refractivity contribution in [2.45, 2.75) is 26.1 Å². The van der Waals surface area contributed by atoms with Crippen LogP contribution in [0.5, 0.6) is 0 Å². The molecule has 0 saturated heterocycles. The molecule has 4 rings (SSSR count). The molecule has 7 heteroatoms. The molecule has 1 aliphatic rings. The number of halogens is 3. The van der Waals surface area contributed by atoms with Gasteiger partial charge in [0.25, 0.3) is 11.5 Å². The number of aromatic amines is 1. The van der Waals surface area contributed by atoms with Crippen molar-refractivity contribution in [2.75, 3.05) is 0 Å². The first-order valence-corrected chi connectivity index (χ1v) is 8.98. The zero-order chi connectivity index (χ0) is 20.9. The molecule has 0 unspecified atom stereocenters. The summed E-state index contributed by atoms with van der Waals surface area (Å²) in [5.74, 6) is -0.732. The Balaban J connectivity index is 1.72. The predicted octanol–water partition coefficient (Wildman–Crippen LogP) is 4.51. The minimum Gasteiger partial charge on any atom is -0.341 e. The average Bonchev–Trinajstić information content (AvgIpc) is 2.93. The Hall–Kier alpha value is -3.35. The Morgan fingerprint density at radius 2 is 1.48 bits per heavy atom. The van der Waals surface area contributed by atoms with Crippen LogP contribution in [-0.4, -0.2) is 10.9 Å².